The van der Waals surface area contributed by atoms with Crippen LogP contribution in [-0.2, 0) is 13.0 Å². The molecule has 0 radical (unpaired) electrons. The molecule has 4 heteroatoms. The molecule has 2 nitrogen and oxygen atoms in total. The van der Waals surface area contributed by atoms with Gasteiger partial charge in [-0.05, 0) is 25.1 Å². The number of benzene rings is 1. The molecule has 92 valence electrons. The summed E-state index contributed by atoms with van der Waals surface area (Å²) in [6.07, 6.45) is 0.799. The molecule has 1 aromatic carbocycles. The molecule has 0 aliphatic heterocycles. The van der Waals surface area contributed by atoms with Gasteiger partial charge in [0.25, 0.3) is 0 Å². The number of aryl methyl sites for hydroxylation is 1. The summed E-state index contributed by atoms with van der Waals surface area (Å²) in [6, 6.07) is 2.77. The second-order valence-electron chi connectivity index (χ2n) is 3.90. The van der Waals surface area contributed by atoms with Crippen molar-refractivity contribution in [2.75, 3.05) is 6.54 Å². The van der Waals surface area contributed by atoms with Gasteiger partial charge < -0.3 is 9.73 Å². The van der Waals surface area contributed by atoms with E-state index in [0.29, 0.717) is 17.2 Å². The van der Waals surface area contributed by atoms with E-state index in [1.165, 1.54) is 12.1 Å². The maximum absolute atomic E-state index is 13.3. The fraction of sp³-hybridized carbons (Fsp3) is 0.385. The summed E-state index contributed by atoms with van der Waals surface area (Å²) in [5.41, 5.74) is 1.61. The molecular weight excluding hydrogens is 241 g/mol. The van der Waals surface area contributed by atoms with E-state index in [2.05, 4.69) is 5.32 Å². The van der Waals surface area contributed by atoms with Crippen LogP contribution in [0.3, 0.4) is 0 Å². The van der Waals surface area contributed by atoms with Crippen LogP contribution in [0.5, 0.6) is 0 Å². The van der Waals surface area contributed by atoms with E-state index < -0.39 is 0 Å². The summed E-state index contributed by atoms with van der Waals surface area (Å²) in [5, 5.41) is 4.32. The number of hydrogen-bond acceptors (Lipinski definition) is 2. The van der Waals surface area contributed by atoms with Gasteiger partial charge in [0, 0.05) is 10.9 Å². The summed E-state index contributed by atoms with van der Waals surface area (Å²) in [4.78, 5) is 0. The van der Waals surface area contributed by atoms with E-state index in [9.17, 15) is 4.39 Å². The van der Waals surface area contributed by atoms with Crippen LogP contribution in [0.15, 0.2) is 16.5 Å². The van der Waals surface area contributed by atoms with E-state index in [0.717, 1.165) is 29.7 Å². The Balaban J connectivity index is 2.58. The lowest BCUT2D eigenvalue weighted by molar-refractivity contribution is 0.514. The first-order chi connectivity index (χ1) is 8.17. The third-order valence-corrected chi connectivity index (χ3v) is 3.07. The van der Waals surface area contributed by atoms with Crippen molar-refractivity contribution in [3.05, 3.63) is 34.3 Å². The third-order valence-electron chi connectivity index (χ3n) is 2.78. The van der Waals surface area contributed by atoms with Gasteiger partial charge in [0.15, 0.2) is 5.58 Å². The van der Waals surface area contributed by atoms with Gasteiger partial charge in [-0.1, -0.05) is 25.4 Å². The molecule has 1 N–H and O–H groups in total. The van der Waals surface area contributed by atoms with Crippen LogP contribution in [-0.4, -0.2) is 6.54 Å². The Bertz CT molecular complexity index is 536. The van der Waals surface area contributed by atoms with Crippen molar-refractivity contribution in [3.63, 3.8) is 0 Å². The van der Waals surface area contributed by atoms with Crippen LogP contribution < -0.4 is 5.32 Å². The Kier molecular flexibility index (Phi) is 3.69. The van der Waals surface area contributed by atoms with Crippen LogP contribution in [0.1, 0.15) is 25.2 Å². The van der Waals surface area contributed by atoms with Crippen molar-refractivity contribution < 1.29 is 8.81 Å². The fourth-order valence-corrected chi connectivity index (χ4v) is 2.24. The van der Waals surface area contributed by atoms with Crippen LogP contribution in [0.25, 0.3) is 11.0 Å². The highest BCUT2D eigenvalue weighted by Gasteiger charge is 2.15. The highest BCUT2D eigenvalue weighted by molar-refractivity contribution is 6.34. The van der Waals surface area contributed by atoms with Gasteiger partial charge in [-0.25, -0.2) is 4.39 Å². The molecule has 0 saturated carbocycles. The maximum atomic E-state index is 13.3. The second-order valence-corrected chi connectivity index (χ2v) is 4.31. The van der Waals surface area contributed by atoms with Crippen molar-refractivity contribution in [2.45, 2.75) is 26.8 Å². The lowest BCUT2D eigenvalue weighted by atomic mass is 10.1. The monoisotopic (exact) mass is 255 g/mol. The zero-order valence-corrected chi connectivity index (χ0v) is 10.7. The molecule has 2 rings (SSSR count). The van der Waals surface area contributed by atoms with Gasteiger partial charge in [-0.15, -0.1) is 0 Å². The van der Waals surface area contributed by atoms with Gasteiger partial charge in [-0.3, -0.25) is 0 Å². The molecule has 1 heterocycles. The number of halogens is 2. The van der Waals surface area contributed by atoms with E-state index in [1.807, 2.05) is 13.8 Å². The largest absolute Gasteiger partial charge is 0.458 e. The predicted octanol–water partition coefficient (Wildman–Crippen LogP) is 3.90. The molecule has 17 heavy (non-hydrogen) atoms. The normalized spacial score (nSPS) is 11.3. The maximum Gasteiger partial charge on any atom is 0.153 e. The molecule has 0 fully saturated rings. The summed E-state index contributed by atoms with van der Waals surface area (Å²) >= 11 is 5.98. The minimum atomic E-state index is -0.326. The number of fused-ring (bicyclic) bond motifs is 1. The lowest BCUT2D eigenvalue weighted by Gasteiger charge is -2.00. The van der Waals surface area contributed by atoms with Crippen LogP contribution >= 0.6 is 11.6 Å². The minimum absolute atomic E-state index is 0.326. The molecule has 0 amide bonds. The molecule has 0 bridgehead atoms. The standard InChI is InChI=1S/C13H15ClFNO/c1-3-9-10-5-8(15)6-11(14)13(10)17-12(9)7-16-4-2/h5-6,16H,3-4,7H2,1-2H3. The molecule has 0 saturated heterocycles. The molecule has 0 spiro atoms. The van der Waals surface area contributed by atoms with E-state index in [1.54, 1.807) is 0 Å². The summed E-state index contributed by atoms with van der Waals surface area (Å²) in [6.45, 7) is 5.56. The summed E-state index contributed by atoms with van der Waals surface area (Å²) < 4.78 is 19.1. The smallest absolute Gasteiger partial charge is 0.153 e. The number of hydrogen-bond donors (Lipinski definition) is 1. The third kappa shape index (κ3) is 2.31. The molecule has 0 unspecified atom stereocenters. The van der Waals surface area contributed by atoms with Crippen molar-refractivity contribution >= 4 is 22.6 Å². The van der Waals surface area contributed by atoms with Gasteiger partial charge in [-0.2, -0.15) is 0 Å². The Hall–Kier alpha value is -1.06. The topological polar surface area (TPSA) is 25.2 Å². The molecule has 0 atom stereocenters. The Morgan fingerprint density at radius 2 is 2.12 bits per heavy atom. The number of rotatable bonds is 4. The zero-order valence-electron chi connectivity index (χ0n) is 9.94. The van der Waals surface area contributed by atoms with E-state index >= 15 is 0 Å². The first-order valence-corrected chi connectivity index (χ1v) is 6.15. The molecular formula is C13H15ClFNO. The molecule has 0 aliphatic rings. The van der Waals surface area contributed by atoms with Gasteiger partial charge in [0.1, 0.15) is 11.6 Å². The molecule has 0 aliphatic carbocycles. The van der Waals surface area contributed by atoms with E-state index in [-0.39, 0.29) is 5.82 Å². The number of furan rings is 1. The average molecular weight is 256 g/mol. The fourth-order valence-electron chi connectivity index (χ4n) is 1.99. The number of nitrogens with one attached hydrogen (secondary N) is 1. The molecule has 1 aromatic heterocycles. The quantitative estimate of drug-likeness (QED) is 0.896. The Morgan fingerprint density at radius 1 is 1.35 bits per heavy atom. The highest BCUT2D eigenvalue weighted by atomic mass is 35.5. The van der Waals surface area contributed by atoms with Crippen molar-refractivity contribution in [1.82, 2.24) is 5.32 Å². The first kappa shape index (κ1) is 12.4. The van der Waals surface area contributed by atoms with Gasteiger partial charge in [0.05, 0.1) is 11.6 Å². The van der Waals surface area contributed by atoms with Crippen molar-refractivity contribution in [2.24, 2.45) is 0 Å². The SMILES string of the molecule is CCNCc1oc2c(Cl)cc(F)cc2c1CC. The average Bonchev–Trinajstić information content (AvgIpc) is 2.64. The second kappa shape index (κ2) is 5.07. The summed E-state index contributed by atoms with van der Waals surface area (Å²) in [5.74, 6) is 0.518. The Labute approximate surface area is 105 Å². The van der Waals surface area contributed by atoms with Gasteiger partial charge in [0.2, 0.25) is 0 Å². The van der Waals surface area contributed by atoms with Crippen LogP contribution in [0.4, 0.5) is 4.39 Å². The zero-order chi connectivity index (χ0) is 12.4. The predicted molar refractivity (Wildman–Crippen MR) is 67.9 cm³/mol. The van der Waals surface area contributed by atoms with Crippen molar-refractivity contribution in [1.29, 1.82) is 0 Å². The van der Waals surface area contributed by atoms with E-state index in [4.69, 9.17) is 16.0 Å². The highest BCUT2D eigenvalue weighted by Crippen LogP contribution is 2.32. The minimum Gasteiger partial charge on any atom is -0.458 e. The van der Waals surface area contributed by atoms with Gasteiger partial charge >= 0.3 is 0 Å². The summed E-state index contributed by atoms with van der Waals surface area (Å²) in [7, 11) is 0. The van der Waals surface area contributed by atoms with Crippen LogP contribution in [0, 0.1) is 5.82 Å². The first-order valence-electron chi connectivity index (χ1n) is 5.77. The molecule has 2 aromatic rings. The van der Waals surface area contributed by atoms with Crippen molar-refractivity contribution in [3.8, 4) is 0 Å². The Morgan fingerprint density at radius 3 is 2.76 bits per heavy atom. The lowest BCUT2D eigenvalue weighted by Crippen LogP contribution is -2.12. The van der Waals surface area contributed by atoms with Crippen LogP contribution in [0.2, 0.25) is 5.02 Å².